The lowest BCUT2D eigenvalue weighted by Crippen LogP contribution is -2.44. The molecule has 3 N–H and O–H groups in total. The average molecular weight is 204 g/mol. The molecule has 2 amide bonds. The number of amides is 2. The molecule has 0 aromatic rings. The summed E-state index contributed by atoms with van der Waals surface area (Å²) in [5.74, 6) is -0.474. The van der Waals surface area contributed by atoms with Crippen molar-refractivity contribution >= 4 is 12.0 Å². The summed E-state index contributed by atoms with van der Waals surface area (Å²) in [5.41, 5.74) is 3.53. The lowest BCUT2D eigenvalue weighted by Gasteiger charge is -2.19. The molecule has 0 rings (SSSR count). The van der Waals surface area contributed by atoms with Crippen molar-refractivity contribution in [1.29, 1.82) is 0 Å². The number of hydrogen-bond donors (Lipinski definition) is 3. The Morgan fingerprint density at radius 2 is 1.86 bits per heavy atom. The summed E-state index contributed by atoms with van der Waals surface area (Å²) in [6.45, 7) is 4.87. The molecule has 0 aliphatic rings. The number of carbonyl (C=O) groups is 2. The van der Waals surface area contributed by atoms with Crippen LogP contribution in [0.5, 0.6) is 0 Å². The van der Waals surface area contributed by atoms with E-state index in [1.54, 1.807) is 20.8 Å². The van der Waals surface area contributed by atoms with E-state index in [0.717, 1.165) is 0 Å². The summed E-state index contributed by atoms with van der Waals surface area (Å²) >= 11 is 0. The van der Waals surface area contributed by atoms with Gasteiger partial charge < -0.3 is 9.84 Å². The number of aliphatic hydroxyl groups excluding tert-OH is 1. The highest BCUT2D eigenvalue weighted by Gasteiger charge is 2.16. The van der Waals surface area contributed by atoms with Gasteiger partial charge in [0.2, 0.25) is 5.91 Å². The molecule has 0 bridgehead atoms. The Balaban J connectivity index is 3.70. The lowest BCUT2D eigenvalue weighted by molar-refractivity contribution is -0.122. The molecule has 0 saturated carbocycles. The van der Waals surface area contributed by atoms with Crippen LogP contribution in [0.2, 0.25) is 0 Å². The van der Waals surface area contributed by atoms with Crippen molar-refractivity contribution in [2.75, 3.05) is 6.61 Å². The molecule has 82 valence electrons. The van der Waals surface area contributed by atoms with Crippen molar-refractivity contribution in [3.05, 3.63) is 0 Å². The van der Waals surface area contributed by atoms with E-state index in [4.69, 9.17) is 9.84 Å². The van der Waals surface area contributed by atoms with Gasteiger partial charge in [0.05, 0.1) is 13.0 Å². The Kier molecular flexibility index (Phi) is 4.93. The number of aliphatic hydroxyl groups is 1. The number of hydrazine groups is 1. The monoisotopic (exact) mass is 204 g/mol. The van der Waals surface area contributed by atoms with Crippen LogP contribution in [0.4, 0.5) is 4.79 Å². The first-order valence-electron chi connectivity index (χ1n) is 4.24. The fourth-order valence-electron chi connectivity index (χ4n) is 0.588. The third kappa shape index (κ3) is 7.35. The molecule has 0 aromatic carbocycles. The molecule has 0 heterocycles. The van der Waals surface area contributed by atoms with Gasteiger partial charge in [0, 0.05) is 0 Å². The van der Waals surface area contributed by atoms with Gasteiger partial charge in [-0.2, -0.15) is 0 Å². The van der Waals surface area contributed by atoms with E-state index in [-0.39, 0.29) is 13.0 Å². The molecule has 0 atom stereocenters. The van der Waals surface area contributed by atoms with Crippen LogP contribution in [0, 0.1) is 0 Å². The summed E-state index contributed by atoms with van der Waals surface area (Å²) in [7, 11) is 0. The molecule has 0 aliphatic heterocycles. The van der Waals surface area contributed by atoms with Crippen molar-refractivity contribution in [3.8, 4) is 0 Å². The summed E-state index contributed by atoms with van der Waals surface area (Å²) in [6, 6.07) is 0. The minimum absolute atomic E-state index is 0.0597. The summed E-state index contributed by atoms with van der Waals surface area (Å²) < 4.78 is 4.84. The standard InChI is InChI=1S/C8H16N2O4/c1-8(2,3)14-7(13)10-9-6(12)4-5-11/h11H,4-5H2,1-3H3,(H,9,12)(H,10,13). The number of carbonyl (C=O) groups excluding carboxylic acids is 2. The Morgan fingerprint density at radius 1 is 1.29 bits per heavy atom. The molecule has 0 radical (unpaired) electrons. The fraction of sp³-hybridized carbons (Fsp3) is 0.750. The second-order valence-corrected chi connectivity index (χ2v) is 3.65. The van der Waals surface area contributed by atoms with E-state index in [2.05, 4.69) is 10.9 Å². The predicted molar refractivity (Wildman–Crippen MR) is 49.2 cm³/mol. The van der Waals surface area contributed by atoms with E-state index in [0.29, 0.717) is 0 Å². The van der Waals surface area contributed by atoms with Crippen LogP contribution >= 0.6 is 0 Å². The number of hydrogen-bond acceptors (Lipinski definition) is 4. The number of ether oxygens (including phenoxy) is 1. The fourth-order valence-corrected chi connectivity index (χ4v) is 0.588. The van der Waals surface area contributed by atoms with Gasteiger partial charge in [-0.25, -0.2) is 10.2 Å². The quantitative estimate of drug-likeness (QED) is 0.549. The molecular formula is C8H16N2O4. The zero-order valence-corrected chi connectivity index (χ0v) is 8.59. The Labute approximate surface area is 82.6 Å². The smallest absolute Gasteiger partial charge is 0.426 e. The van der Waals surface area contributed by atoms with Crippen molar-refractivity contribution < 1.29 is 19.4 Å². The van der Waals surface area contributed by atoms with Crippen LogP contribution in [0.1, 0.15) is 27.2 Å². The topological polar surface area (TPSA) is 87.7 Å². The molecule has 6 nitrogen and oxygen atoms in total. The third-order valence-corrected chi connectivity index (χ3v) is 1.04. The Hall–Kier alpha value is -1.30. The van der Waals surface area contributed by atoms with Crippen LogP contribution in [-0.4, -0.2) is 29.3 Å². The molecule has 14 heavy (non-hydrogen) atoms. The predicted octanol–water partition coefficient (Wildman–Crippen LogP) is -0.0753. The summed E-state index contributed by atoms with van der Waals surface area (Å²) in [4.78, 5) is 21.7. The van der Waals surface area contributed by atoms with Gasteiger partial charge in [0.25, 0.3) is 0 Å². The van der Waals surface area contributed by atoms with E-state index < -0.39 is 17.6 Å². The first-order chi connectivity index (χ1) is 6.35. The maximum absolute atomic E-state index is 11.0. The molecule has 0 saturated heterocycles. The van der Waals surface area contributed by atoms with Crippen molar-refractivity contribution in [2.24, 2.45) is 0 Å². The molecule has 0 unspecified atom stereocenters. The zero-order chi connectivity index (χ0) is 11.2. The van der Waals surface area contributed by atoms with Crippen molar-refractivity contribution in [1.82, 2.24) is 10.9 Å². The van der Waals surface area contributed by atoms with Crippen molar-refractivity contribution in [2.45, 2.75) is 32.8 Å². The van der Waals surface area contributed by atoms with Gasteiger partial charge >= 0.3 is 6.09 Å². The zero-order valence-electron chi connectivity index (χ0n) is 8.59. The Bertz CT molecular complexity index is 210. The first-order valence-corrected chi connectivity index (χ1v) is 4.24. The van der Waals surface area contributed by atoms with Crippen LogP contribution < -0.4 is 10.9 Å². The van der Waals surface area contributed by atoms with Gasteiger partial charge in [0.1, 0.15) is 5.60 Å². The first kappa shape index (κ1) is 12.7. The third-order valence-electron chi connectivity index (χ3n) is 1.04. The summed E-state index contributed by atoms with van der Waals surface area (Å²) in [6.07, 6.45) is -0.792. The molecule has 0 aliphatic carbocycles. The minimum Gasteiger partial charge on any atom is -0.443 e. The van der Waals surface area contributed by atoms with Crippen LogP contribution in [0.3, 0.4) is 0 Å². The van der Waals surface area contributed by atoms with Gasteiger partial charge in [-0.1, -0.05) is 0 Å². The summed E-state index contributed by atoms with van der Waals surface area (Å²) in [5, 5.41) is 8.38. The maximum Gasteiger partial charge on any atom is 0.426 e. The number of rotatable bonds is 2. The van der Waals surface area contributed by atoms with E-state index in [1.165, 1.54) is 0 Å². The molecular weight excluding hydrogens is 188 g/mol. The van der Waals surface area contributed by atoms with Gasteiger partial charge in [-0.05, 0) is 20.8 Å². The molecule has 0 spiro atoms. The van der Waals surface area contributed by atoms with Gasteiger partial charge in [0.15, 0.2) is 0 Å². The average Bonchev–Trinajstić information content (AvgIpc) is 1.98. The van der Waals surface area contributed by atoms with Crippen LogP contribution in [0.25, 0.3) is 0 Å². The van der Waals surface area contributed by atoms with Crippen LogP contribution in [-0.2, 0) is 9.53 Å². The minimum atomic E-state index is -0.733. The molecule has 0 fully saturated rings. The van der Waals surface area contributed by atoms with Gasteiger partial charge in [-0.3, -0.25) is 10.2 Å². The normalized spacial score (nSPS) is 10.6. The highest BCUT2D eigenvalue weighted by atomic mass is 16.6. The lowest BCUT2D eigenvalue weighted by atomic mass is 10.2. The maximum atomic E-state index is 11.0. The van der Waals surface area contributed by atoms with Crippen LogP contribution in [0.15, 0.2) is 0 Å². The highest BCUT2D eigenvalue weighted by molar-refractivity contribution is 5.79. The van der Waals surface area contributed by atoms with E-state index >= 15 is 0 Å². The Morgan fingerprint density at radius 3 is 2.29 bits per heavy atom. The van der Waals surface area contributed by atoms with E-state index in [9.17, 15) is 9.59 Å². The SMILES string of the molecule is CC(C)(C)OC(=O)NNC(=O)CCO. The van der Waals surface area contributed by atoms with Gasteiger partial charge in [-0.15, -0.1) is 0 Å². The second-order valence-electron chi connectivity index (χ2n) is 3.65. The molecule has 0 aromatic heterocycles. The van der Waals surface area contributed by atoms with Crippen molar-refractivity contribution in [3.63, 3.8) is 0 Å². The second kappa shape index (κ2) is 5.43. The number of nitrogens with one attached hydrogen (secondary N) is 2. The highest BCUT2D eigenvalue weighted by Crippen LogP contribution is 2.05. The van der Waals surface area contributed by atoms with E-state index in [1.807, 2.05) is 0 Å². The molecule has 6 heteroatoms. The largest absolute Gasteiger partial charge is 0.443 e.